The molecule has 0 bridgehead atoms. The molecule has 0 amide bonds. The van der Waals surface area contributed by atoms with E-state index in [0.717, 1.165) is 5.56 Å². The van der Waals surface area contributed by atoms with Crippen LogP contribution in [-0.2, 0) is 20.3 Å². The van der Waals surface area contributed by atoms with Gasteiger partial charge in [0.1, 0.15) is 6.04 Å². The lowest BCUT2D eigenvalue weighted by Crippen LogP contribution is -2.32. The lowest BCUT2D eigenvalue weighted by molar-refractivity contribution is -0.134. The van der Waals surface area contributed by atoms with E-state index in [1.165, 1.54) is 0 Å². The Morgan fingerprint density at radius 3 is 2.64 bits per heavy atom. The lowest BCUT2D eigenvalue weighted by atomic mass is 10.1. The Morgan fingerprint density at radius 2 is 2.07 bits per heavy atom. The number of benzene rings is 1. The van der Waals surface area contributed by atoms with E-state index in [9.17, 15) is 9.36 Å². The molecule has 0 heterocycles. The minimum Gasteiger partial charge on any atom is -0.372 e. The molecule has 0 saturated heterocycles. The average molecular weight is 211 g/mol. The summed E-state index contributed by atoms with van der Waals surface area (Å²) < 4.78 is 14.2. The van der Waals surface area contributed by atoms with Gasteiger partial charge >= 0.3 is 14.7 Å². The number of carbonyl (C=O) groups is 1. The van der Waals surface area contributed by atoms with Crippen LogP contribution in [0, 0.1) is 0 Å². The first-order chi connectivity index (χ1) is 6.74. The Bertz CT molecular complexity index is 315. The fourth-order valence-corrected chi connectivity index (χ4v) is 1.26. The molecule has 0 aliphatic rings. The first-order valence-corrected chi connectivity index (χ1v) is 4.80. The largest absolute Gasteiger partial charge is 0.398 e. The van der Waals surface area contributed by atoms with Crippen LogP contribution in [0.25, 0.3) is 0 Å². The van der Waals surface area contributed by atoms with Gasteiger partial charge in [0.05, 0.1) is 0 Å². The van der Waals surface area contributed by atoms with E-state index >= 15 is 0 Å². The van der Waals surface area contributed by atoms with Gasteiger partial charge in [0.15, 0.2) is 0 Å². The summed E-state index contributed by atoms with van der Waals surface area (Å²) in [4.78, 5) is 11.0. The maximum absolute atomic E-state index is 11.0. The van der Waals surface area contributed by atoms with E-state index < -0.39 is 20.7 Å². The van der Waals surface area contributed by atoms with E-state index in [0.29, 0.717) is 6.42 Å². The van der Waals surface area contributed by atoms with E-state index in [4.69, 9.17) is 5.73 Å². The average Bonchev–Trinajstić information content (AvgIpc) is 2.19. The summed E-state index contributed by atoms with van der Waals surface area (Å²) in [5, 5.41) is 0. The second-order valence-corrected chi connectivity index (χ2v) is 3.11. The number of nitrogens with two attached hydrogens (primary N) is 1. The third kappa shape index (κ3) is 3.24. The van der Waals surface area contributed by atoms with Crippen LogP contribution < -0.4 is 5.73 Å². The van der Waals surface area contributed by atoms with Crippen LogP contribution in [0.1, 0.15) is 5.56 Å². The highest BCUT2D eigenvalue weighted by molar-refractivity contribution is 7.18. The van der Waals surface area contributed by atoms with Crippen molar-refractivity contribution in [1.29, 1.82) is 0 Å². The molecule has 1 aromatic carbocycles. The normalized spacial score (nSPS) is 12.4. The Labute approximate surface area is 83.3 Å². The van der Waals surface area contributed by atoms with Crippen LogP contribution in [-0.4, -0.2) is 12.0 Å². The second-order valence-electron chi connectivity index (χ2n) is 2.78. The van der Waals surface area contributed by atoms with Gasteiger partial charge in [0.2, 0.25) is 0 Å². The summed E-state index contributed by atoms with van der Waals surface area (Å²) in [5.74, 6) is -0.662. The Hall–Kier alpha value is -1.25. The zero-order valence-electron chi connectivity index (χ0n) is 7.42. The molecule has 0 radical (unpaired) electrons. The van der Waals surface area contributed by atoms with Crippen molar-refractivity contribution in [3.63, 3.8) is 0 Å². The molecule has 1 aromatic rings. The van der Waals surface area contributed by atoms with Crippen molar-refractivity contribution in [2.45, 2.75) is 12.5 Å². The fourth-order valence-electron chi connectivity index (χ4n) is 1.06. The van der Waals surface area contributed by atoms with Crippen LogP contribution in [0.2, 0.25) is 0 Å². The third-order valence-electron chi connectivity index (χ3n) is 1.73. The molecule has 74 valence electrons. The predicted octanol–water partition coefficient (Wildman–Crippen LogP) is 1.31. The van der Waals surface area contributed by atoms with Gasteiger partial charge in [0.25, 0.3) is 0 Å². The van der Waals surface area contributed by atoms with Crippen molar-refractivity contribution in [3.05, 3.63) is 35.9 Å². The topological polar surface area (TPSA) is 69.4 Å². The SMILES string of the molecule is N[C@@H](Cc1ccccc1)C(=O)OP=O. The maximum Gasteiger partial charge on any atom is 0.398 e. The molecule has 2 N–H and O–H groups in total. The minimum absolute atomic E-state index is 0.384. The number of carbonyl (C=O) groups excluding carboxylic acids is 1. The van der Waals surface area contributed by atoms with Crippen molar-refractivity contribution in [3.8, 4) is 0 Å². The molecule has 0 aromatic heterocycles. The van der Waals surface area contributed by atoms with E-state index in [1.54, 1.807) is 0 Å². The van der Waals surface area contributed by atoms with Crippen LogP contribution in [0.5, 0.6) is 0 Å². The van der Waals surface area contributed by atoms with Crippen LogP contribution in [0.15, 0.2) is 30.3 Å². The summed E-state index contributed by atoms with van der Waals surface area (Å²) in [6.07, 6.45) is 0.384. The quantitative estimate of drug-likeness (QED) is 0.762. The van der Waals surface area contributed by atoms with E-state index in [-0.39, 0.29) is 0 Å². The third-order valence-corrected chi connectivity index (χ3v) is 1.98. The first-order valence-electron chi connectivity index (χ1n) is 4.07. The monoisotopic (exact) mass is 211 g/mol. The van der Waals surface area contributed by atoms with Crippen molar-refractivity contribution in [2.75, 3.05) is 0 Å². The summed E-state index contributed by atoms with van der Waals surface area (Å²) in [6.45, 7) is 0. The fraction of sp³-hybridized carbons (Fsp3) is 0.222. The number of hydrogen-bond acceptors (Lipinski definition) is 4. The predicted molar refractivity (Wildman–Crippen MR) is 51.8 cm³/mol. The van der Waals surface area contributed by atoms with Gasteiger partial charge in [-0.1, -0.05) is 30.3 Å². The van der Waals surface area contributed by atoms with Crippen molar-refractivity contribution < 1.29 is 13.9 Å². The van der Waals surface area contributed by atoms with Crippen LogP contribution in [0.4, 0.5) is 0 Å². The van der Waals surface area contributed by atoms with Crippen LogP contribution in [0.3, 0.4) is 0 Å². The molecule has 5 heteroatoms. The maximum atomic E-state index is 11.0. The Morgan fingerprint density at radius 1 is 1.43 bits per heavy atom. The first kappa shape index (κ1) is 10.8. The molecule has 1 atom stereocenters. The Balaban J connectivity index is 2.52. The molecule has 0 spiro atoms. The van der Waals surface area contributed by atoms with Crippen LogP contribution >= 0.6 is 8.69 Å². The molecule has 4 nitrogen and oxygen atoms in total. The van der Waals surface area contributed by atoms with Crippen molar-refractivity contribution in [2.24, 2.45) is 5.73 Å². The van der Waals surface area contributed by atoms with Crippen molar-refractivity contribution >= 4 is 14.7 Å². The van der Waals surface area contributed by atoms with Gasteiger partial charge in [-0.2, -0.15) is 0 Å². The summed E-state index contributed by atoms with van der Waals surface area (Å²) in [6, 6.07) is 8.56. The summed E-state index contributed by atoms with van der Waals surface area (Å²) >= 11 is 0. The lowest BCUT2D eigenvalue weighted by Gasteiger charge is -2.07. The molecule has 0 aliphatic carbocycles. The summed E-state index contributed by atoms with van der Waals surface area (Å²) in [7, 11) is -0.659. The van der Waals surface area contributed by atoms with Gasteiger partial charge in [0, 0.05) is 0 Å². The van der Waals surface area contributed by atoms with E-state index in [1.807, 2.05) is 30.3 Å². The smallest absolute Gasteiger partial charge is 0.372 e. The highest BCUT2D eigenvalue weighted by Crippen LogP contribution is 2.05. The van der Waals surface area contributed by atoms with E-state index in [2.05, 4.69) is 4.52 Å². The minimum atomic E-state index is -0.765. The molecule has 0 aliphatic heterocycles. The van der Waals surface area contributed by atoms with Gasteiger partial charge < -0.3 is 10.3 Å². The van der Waals surface area contributed by atoms with Crippen molar-refractivity contribution in [1.82, 2.24) is 0 Å². The zero-order chi connectivity index (χ0) is 10.4. The Kier molecular flexibility index (Phi) is 4.23. The standard InChI is InChI=1S/C9H10NO3P/c10-8(9(11)13-14-12)6-7-4-2-1-3-5-7/h1-5,8H,6,10H2/t8-/m0/s1. The molecular weight excluding hydrogens is 201 g/mol. The van der Waals surface area contributed by atoms with Gasteiger partial charge in [-0.3, -0.25) is 0 Å². The molecule has 0 unspecified atom stereocenters. The van der Waals surface area contributed by atoms with Gasteiger partial charge in [-0.05, 0) is 12.0 Å². The number of hydrogen-bond donors (Lipinski definition) is 1. The number of rotatable bonds is 4. The summed E-state index contributed by atoms with van der Waals surface area (Å²) in [5.41, 5.74) is 6.46. The molecular formula is C9H10NO3P. The second kappa shape index (κ2) is 5.47. The zero-order valence-corrected chi connectivity index (χ0v) is 8.31. The highest BCUT2D eigenvalue weighted by Gasteiger charge is 2.15. The van der Waals surface area contributed by atoms with Gasteiger partial charge in [-0.25, -0.2) is 9.36 Å². The molecule has 0 saturated carbocycles. The molecule has 1 rings (SSSR count). The molecule has 0 fully saturated rings. The molecule has 14 heavy (non-hydrogen) atoms. The highest BCUT2D eigenvalue weighted by atomic mass is 31.1. The van der Waals surface area contributed by atoms with Gasteiger partial charge in [-0.15, -0.1) is 0 Å².